The van der Waals surface area contributed by atoms with Crippen LogP contribution in [0.4, 0.5) is 0 Å². The average Bonchev–Trinajstić information content (AvgIpc) is 3.40. The van der Waals surface area contributed by atoms with Crippen molar-refractivity contribution in [1.82, 2.24) is 9.97 Å². The molecule has 1 aromatic heterocycles. The van der Waals surface area contributed by atoms with Gasteiger partial charge in [0, 0.05) is 17.3 Å². The summed E-state index contributed by atoms with van der Waals surface area (Å²) in [7, 11) is 1.76. The number of methoxy groups -OCH3 is 1. The van der Waals surface area contributed by atoms with E-state index in [2.05, 4.69) is 64.6 Å². The minimum atomic E-state index is -0.148. The first-order valence-electron chi connectivity index (χ1n) is 11.2. The molecule has 1 aliphatic carbocycles. The zero-order valence-electron chi connectivity index (χ0n) is 18.4. The van der Waals surface area contributed by atoms with Crippen LogP contribution in [0.2, 0.25) is 0 Å². The Bertz CT molecular complexity index is 1150. The van der Waals surface area contributed by atoms with Crippen molar-refractivity contribution in [1.29, 1.82) is 0 Å². The molecule has 0 radical (unpaired) electrons. The number of benzene rings is 3. The average molecular weight is 425 g/mol. The molecule has 0 bridgehead atoms. The van der Waals surface area contributed by atoms with Crippen LogP contribution in [0.1, 0.15) is 40.8 Å². The fourth-order valence-electron chi connectivity index (χ4n) is 5.03. The maximum atomic E-state index is 5.99. The molecule has 4 nitrogen and oxygen atoms in total. The zero-order chi connectivity index (χ0) is 21.8. The second-order valence-electron chi connectivity index (χ2n) is 8.48. The second-order valence-corrected chi connectivity index (χ2v) is 8.48. The van der Waals surface area contributed by atoms with Crippen LogP contribution in [0.15, 0.2) is 85.3 Å². The van der Waals surface area contributed by atoms with Crippen molar-refractivity contribution in [2.24, 2.45) is 0 Å². The molecular weight excluding hydrogens is 396 g/mol. The predicted octanol–water partition coefficient (Wildman–Crippen LogP) is 5.86. The fraction of sp³-hybridized carbons (Fsp3) is 0.250. The van der Waals surface area contributed by atoms with Gasteiger partial charge in [0.1, 0.15) is 18.1 Å². The van der Waals surface area contributed by atoms with Crippen LogP contribution in [0, 0.1) is 0 Å². The Morgan fingerprint density at radius 1 is 0.938 bits per heavy atom. The third kappa shape index (κ3) is 3.89. The smallest absolute Gasteiger partial charge is 0.122 e. The lowest BCUT2D eigenvalue weighted by molar-refractivity contribution is 0.306. The van der Waals surface area contributed by atoms with E-state index in [-0.39, 0.29) is 5.41 Å². The molecule has 4 heteroatoms. The summed E-state index contributed by atoms with van der Waals surface area (Å²) in [6, 6.07) is 25.2. The number of hydrogen-bond donors (Lipinski definition) is 1. The normalized spacial score (nSPS) is 17.5. The van der Waals surface area contributed by atoms with Gasteiger partial charge >= 0.3 is 0 Å². The van der Waals surface area contributed by atoms with Gasteiger partial charge in [-0.05, 0) is 66.1 Å². The topological polar surface area (TPSA) is 47.1 Å². The maximum absolute atomic E-state index is 5.99. The molecule has 0 aliphatic heterocycles. The molecule has 0 fully saturated rings. The molecule has 0 saturated carbocycles. The first-order valence-corrected chi connectivity index (χ1v) is 11.2. The molecule has 5 rings (SSSR count). The summed E-state index contributed by atoms with van der Waals surface area (Å²) in [5, 5.41) is 0. The van der Waals surface area contributed by atoms with Gasteiger partial charge in [-0.1, -0.05) is 54.6 Å². The highest BCUT2D eigenvalue weighted by Crippen LogP contribution is 2.46. The molecule has 0 saturated heterocycles. The van der Waals surface area contributed by atoms with Crippen molar-refractivity contribution < 1.29 is 9.47 Å². The van der Waals surface area contributed by atoms with E-state index in [0.29, 0.717) is 6.61 Å². The molecule has 1 atom stereocenters. The molecule has 1 unspecified atom stereocenters. The van der Waals surface area contributed by atoms with Gasteiger partial charge in [-0.3, -0.25) is 0 Å². The third-order valence-electron chi connectivity index (χ3n) is 6.59. The van der Waals surface area contributed by atoms with Crippen LogP contribution in [0.5, 0.6) is 11.5 Å². The van der Waals surface area contributed by atoms with Crippen LogP contribution in [-0.2, 0) is 24.9 Å². The summed E-state index contributed by atoms with van der Waals surface area (Å²) in [4.78, 5) is 7.78. The third-order valence-corrected chi connectivity index (χ3v) is 6.59. The van der Waals surface area contributed by atoms with Crippen molar-refractivity contribution in [3.05, 3.63) is 113 Å². The number of hydrogen-bond acceptors (Lipinski definition) is 3. The molecule has 3 aromatic carbocycles. The molecule has 0 spiro atoms. The second kappa shape index (κ2) is 8.91. The number of aromatic amines is 1. The van der Waals surface area contributed by atoms with Crippen molar-refractivity contribution in [2.45, 2.75) is 37.7 Å². The first kappa shape index (κ1) is 20.4. The molecule has 1 N–H and O–H groups in total. The number of H-pyrrole nitrogens is 1. The van der Waals surface area contributed by atoms with Crippen molar-refractivity contribution in [3.8, 4) is 11.5 Å². The predicted molar refractivity (Wildman–Crippen MR) is 126 cm³/mol. The Labute approximate surface area is 189 Å². The molecule has 32 heavy (non-hydrogen) atoms. The van der Waals surface area contributed by atoms with Crippen molar-refractivity contribution in [3.63, 3.8) is 0 Å². The summed E-state index contributed by atoms with van der Waals surface area (Å²) in [6.07, 6.45) is 7.89. The summed E-state index contributed by atoms with van der Waals surface area (Å²) in [6.45, 7) is 0.575. The molecule has 4 aromatic rings. The van der Waals surface area contributed by atoms with E-state index >= 15 is 0 Å². The van der Waals surface area contributed by atoms with E-state index < -0.39 is 0 Å². The Morgan fingerprint density at radius 3 is 2.53 bits per heavy atom. The van der Waals surface area contributed by atoms with Crippen molar-refractivity contribution in [2.75, 3.05) is 7.11 Å². The highest BCUT2D eigenvalue weighted by Gasteiger charge is 2.40. The minimum absolute atomic E-state index is 0.148. The molecule has 1 heterocycles. The Hall–Kier alpha value is -3.53. The van der Waals surface area contributed by atoms with E-state index in [9.17, 15) is 0 Å². The monoisotopic (exact) mass is 424 g/mol. The van der Waals surface area contributed by atoms with E-state index in [4.69, 9.17) is 9.47 Å². The van der Waals surface area contributed by atoms with E-state index in [1.54, 1.807) is 13.4 Å². The Morgan fingerprint density at radius 2 is 1.78 bits per heavy atom. The standard InChI is InChI=1S/C28H28N2O2/c1-31-26-11-5-10-25-24(26)9-6-16-28(25,27-18-29-20-30-27)17-21-12-14-23(15-13-21)32-19-22-7-3-2-4-8-22/h2-5,7-8,10-15,18,20H,6,9,16-17,19H2,1H3,(H,29,30). The maximum Gasteiger partial charge on any atom is 0.122 e. The summed E-state index contributed by atoms with van der Waals surface area (Å²) in [5.74, 6) is 1.87. The SMILES string of the molecule is COc1cccc2c1CCCC2(Cc1ccc(OCc2ccccc2)cc1)c1cnc[nH]1. The number of nitrogens with zero attached hydrogens (tertiary/aromatic N) is 1. The van der Waals surface area contributed by atoms with Gasteiger partial charge in [0.2, 0.25) is 0 Å². The van der Waals surface area contributed by atoms with Crippen LogP contribution in [0.25, 0.3) is 0 Å². The number of fused-ring (bicyclic) bond motifs is 1. The number of ether oxygens (including phenoxy) is 2. The van der Waals surface area contributed by atoms with Gasteiger partial charge in [-0.25, -0.2) is 4.98 Å². The summed E-state index contributed by atoms with van der Waals surface area (Å²) in [5.41, 5.74) is 6.13. The minimum Gasteiger partial charge on any atom is -0.496 e. The number of nitrogens with one attached hydrogen (secondary N) is 1. The zero-order valence-corrected chi connectivity index (χ0v) is 18.4. The van der Waals surface area contributed by atoms with Gasteiger partial charge < -0.3 is 14.5 Å². The van der Waals surface area contributed by atoms with Gasteiger partial charge in [-0.15, -0.1) is 0 Å². The van der Waals surface area contributed by atoms with Crippen LogP contribution < -0.4 is 9.47 Å². The van der Waals surface area contributed by atoms with Crippen LogP contribution in [-0.4, -0.2) is 17.1 Å². The lowest BCUT2D eigenvalue weighted by Crippen LogP contribution is -2.35. The molecular formula is C28H28N2O2. The highest BCUT2D eigenvalue weighted by atomic mass is 16.5. The van der Waals surface area contributed by atoms with Crippen molar-refractivity contribution >= 4 is 0 Å². The van der Waals surface area contributed by atoms with Gasteiger partial charge in [0.05, 0.1) is 13.4 Å². The number of aromatic nitrogens is 2. The Balaban J connectivity index is 1.43. The van der Waals surface area contributed by atoms with Gasteiger partial charge in [-0.2, -0.15) is 0 Å². The van der Waals surface area contributed by atoms with E-state index in [1.807, 2.05) is 24.4 Å². The van der Waals surface area contributed by atoms with E-state index in [1.165, 1.54) is 22.3 Å². The van der Waals surface area contributed by atoms with Crippen LogP contribution >= 0.6 is 0 Å². The summed E-state index contributed by atoms with van der Waals surface area (Å²) >= 11 is 0. The number of imidazole rings is 1. The largest absolute Gasteiger partial charge is 0.496 e. The quantitative estimate of drug-likeness (QED) is 0.404. The fourth-order valence-corrected chi connectivity index (χ4v) is 5.03. The molecule has 162 valence electrons. The lowest BCUT2D eigenvalue weighted by atomic mass is 9.65. The van der Waals surface area contributed by atoms with Gasteiger partial charge in [0.15, 0.2) is 0 Å². The molecule has 0 amide bonds. The van der Waals surface area contributed by atoms with Crippen LogP contribution in [0.3, 0.4) is 0 Å². The van der Waals surface area contributed by atoms with E-state index in [0.717, 1.165) is 42.9 Å². The highest BCUT2D eigenvalue weighted by molar-refractivity contribution is 5.51. The summed E-state index contributed by atoms with van der Waals surface area (Å²) < 4.78 is 11.7. The Kier molecular flexibility index (Phi) is 5.68. The molecule has 1 aliphatic rings. The lowest BCUT2D eigenvalue weighted by Gasteiger charge is -2.39. The van der Waals surface area contributed by atoms with Gasteiger partial charge in [0.25, 0.3) is 0 Å². The number of rotatable bonds is 7. The first-order chi connectivity index (χ1) is 15.8.